The highest BCUT2D eigenvalue weighted by atomic mass is 19.5. The number of carbonyl (C=O) groups excluding carboxylic acids is 2. The van der Waals surface area contributed by atoms with Crippen LogP contribution in [-0.4, -0.2) is 139 Å². The van der Waals surface area contributed by atoms with E-state index in [0.29, 0.717) is 107 Å². The smallest absolute Gasteiger partial charge is 0.493 e. The normalized spacial score (nSPS) is 19.0. The van der Waals surface area contributed by atoms with Crippen LogP contribution in [-0.2, 0) is 44.7 Å². The summed E-state index contributed by atoms with van der Waals surface area (Å²) in [5.74, 6) is 5.06. The number of likely N-dealkylation sites (N-methyl/N-ethyl adjacent to an activating group) is 2. The number of benzene rings is 4. The van der Waals surface area contributed by atoms with Gasteiger partial charge in [0.15, 0.2) is 46.0 Å². The van der Waals surface area contributed by atoms with Gasteiger partial charge in [-0.15, -0.1) is 0 Å². The van der Waals surface area contributed by atoms with Gasteiger partial charge >= 0.3 is 19.2 Å². The third kappa shape index (κ3) is 15.0. The minimum absolute atomic E-state index is 0.0393. The number of hydrogen-bond acceptors (Lipinski definition) is 12. The first-order valence-electron chi connectivity index (χ1n) is 24.1. The van der Waals surface area contributed by atoms with Crippen molar-refractivity contribution in [2.24, 2.45) is 0 Å². The van der Waals surface area contributed by atoms with Crippen molar-refractivity contribution in [2.45, 2.75) is 69.9 Å². The van der Waals surface area contributed by atoms with Gasteiger partial charge in [0.1, 0.15) is 12.1 Å². The molecule has 14 nitrogen and oxygen atoms in total. The summed E-state index contributed by atoms with van der Waals surface area (Å²) in [6, 6.07) is 20.5. The van der Waals surface area contributed by atoms with E-state index < -0.39 is 7.25 Å². The maximum absolute atomic E-state index is 13.2. The molecule has 4 aromatic carbocycles. The van der Waals surface area contributed by atoms with Crippen LogP contribution in [0, 0.1) is 0 Å². The molecule has 19 heteroatoms. The highest BCUT2D eigenvalue weighted by molar-refractivity contribution is 6.50. The standard InChI is InChI=1S/C53H72N2O12.BF4/c1-54(22-18-38-32-48(62-7)50(64-9)34-40(38)42(54)28-36-14-16-44(58-3)46(30-36)60-5)24-20-52(56)66-26-12-11-13-27-67-53(57)21-25-55(2)23-19-39-33-49(63-8)51(65-10)35-41(39)43(55)29-37-15-17-45(59-4)47(31-37)61-6;2-1(3,4)5/h14-17,30-35,42-43H,11-13,18-29H2,1-10H3;/q+2;-1. The highest BCUT2D eigenvalue weighted by Gasteiger charge is 2.42. The fourth-order valence-corrected chi connectivity index (χ4v) is 9.91. The van der Waals surface area contributed by atoms with Crippen LogP contribution in [0.2, 0.25) is 0 Å². The van der Waals surface area contributed by atoms with Gasteiger partial charge in [-0.3, -0.25) is 9.59 Å². The molecule has 0 spiro atoms. The predicted octanol–water partition coefficient (Wildman–Crippen LogP) is 9.37. The summed E-state index contributed by atoms with van der Waals surface area (Å²) in [7, 11) is 11.6. The Morgan fingerprint density at radius 2 is 0.806 bits per heavy atom. The topological polar surface area (TPSA) is 126 Å². The summed E-state index contributed by atoms with van der Waals surface area (Å²) in [6.45, 7) is 3.57. The van der Waals surface area contributed by atoms with Gasteiger partial charge in [-0.25, -0.2) is 0 Å². The van der Waals surface area contributed by atoms with E-state index in [-0.39, 0.29) is 24.0 Å². The fourth-order valence-electron chi connectivity index (χ4n) is 9.91. The lowest BCUT2D eigenvalue weighted by molar-refractivity contribution is -0.940. The van der Waals surface area contributed by atoms with Crippen LogP contribution in [0.25, 0.3) is 0 Å². The molecule has 396 valence electrons. The SMILES string of the molecule is COc1ccc(CC2c3cc(OC)c(OC)cc3CC[N+]2(C)CCC(=O)OCCCCCOC(=O)CC[N+]2(C)CCc3cc(OC)c(OC)cc3C2Cc2ccc(OC)c(OC)c2)cc1OC.F[B-](F)(F)F. The zero-order valence-electron chi connectivity index (χ0n) is 43.4. The Morgan fingerprint density at radius 1 is 0.486 bits per heavy atom. The molecule has 0 bridgehead atoms. The van der Waals surface area contributed by atoms with Crippen molar-refractivity contribution >= 4 is 19.2 Å². The number of unbranched alkanes of at least 4 members (excludes halogenated alkanes) is 2. The fraction of sp³-hybridized carbons (Fsp3) is 0.509. The molecule has 4 aromatic rings. The lowest BCUT2D eigenvalue weighted by atomic mass is 9.86. The Kier molecular flexibility index (Phi) is 20.6. The molecular weight excluding hydrogens is 943 g/mol. The Bertz CT molecular complexity index is 2280. The second-order valence-corrected chi connectivity index (χ2v) is 18.5. The maximum atomic E-state index is 13.2. The number of quaternary nitrogens is 2. The highest BCUT2D eigenvalue weighted by Crippen LogP contribution is 2.45. The van der Waals surface area contributed by atoms with E-state index in [2.05, 4.69) is 50.5 Å². The van der Waals surface area contributed by atoms with E-state index >= 15 is 0 Å². The van der Waals surface area contributed by atoms with E-state index in [1.807, 2.05) is 24.3 Å². The van der Waals surface area contributed by atoms with E-state index in [9.17, 15) is 26.9 Å². The molecule has 2 aliphatic rings. The van der Waals surface area contributed by atoms with Crippen LogP contribution >= 0.6 is 0 Å². The molecule has 6 rings (SSSR count). The molecule has 2 aliphatic heterocycles. The van der Waals surface area contributed by atoms with Gasteiger partial charge in [0.05, 0.1) is 123 Å². The Hall–Kier alpha value is -6.08. The molecule has 0 N–H and O–H groups in total. The summed E-state index contributed by atoms with van der Waals surface area (Å²) < 4.78 is 96.8. The number of rotatable bonds is 24. The van der Waals surface area contributed by atoms with Gasteiger partial charge in [0.25, 0.3) is 0 Å². The molecule has 72 heavy (non-hydrogen) atoms. The molecule has 4 atom stereocenters. The number of nitrogens with zero attached hydrogens (tertiary/aromatic N) is 2. The first-order chi connectivity index (χ1) is 34.4. The zero-order valence-corrected chi connectivity index (χ0v) is 43.4. The Labute approximate surface area is 421 Å². The number of halogens is 4. The quantitative estimate of drug-likeness (QED) is 0.0218. The van der Waals surface area contributed by atoms with Crippen LogP contribution in [0.15, 0.2) is 60.7 Å². The second-order valence-electron chi connectivity index (χ2n) is 18.5. The number of ether oxygens (including phenoxy) is 10. The minimum Gasteiger partial charge on any atom is -0.493 e. The Balaban J connectivity index is 0.00000183. The molecular formula is C53H72BF4N2O12+. The van der Waals surface area contributed by atoms with E-state index in [4.69, 9.17) is 47.4 Å². The summed E-state index contributed by atoms with van der Waals surface area (Å²) in [5.41, 5.74) is 7.00. The molecule has 0 saturated heterocycles. The number of esters is 2. The van der Waals surface area contributed by atoms with Crippen molar-refractivity contribution in [3.8, 4) is 46.0 Å². The third-order valence-corrected chi connectivity index (χ3v) is 14.0. The number of fused-ring (bicyclic) bond motifs is 2. The van der Waals surface area contributed by atoms with Crippen LogP contribution in [0.3, 0.4) is 0 Å². The maximum Gasteiger partial charge on any atom is 0.673 e. The predicted molar refractivity (Wildman–Crippen MR) is 266 cm³/mol. The lowest BCUT2D eigenvalue weighted by Gasteiger charge is -2.46. The van der Waals surface area contributed by atoms with Crippen LogP contribution < -0.4 is 37.9 Å². The number of carbonyl (C=O) groups is 2. The molecule has 0 radical (unpaired) electrons. The van der Waals surface area contributed by atoms with Crippen molar-refractivity contribution in [3.05, 3.63) is 94.0 Å². The second kappa shape index (κ2) is 26.0. The van der Waals surface area contributed by atoms with E-state index in [1.165, 1.54) is 22.3 Å². The molecule has 0 saturated carbocycles. The van der Waals surface area contributed by atoms with E-state index in [0.717, 1.165) is 56.3 Å². The van der Waals surface area contributed by atoms with Crippen LogP contribution in [0.1, 0.15) is 77.6 Å². The summed E-state index contributed by atoms with van der Waals surface area (Å²) in [4.78, 5) is 26.4. The minimum atomic E-state index is -6.00. The average molecular weight is 1020 g/mol. The first-order valence-corrected chi connectivity index (χ1v) is 24.1. The van der Waals surface area contributed by atoms with Crippen molar-refractivity contribution in [1.82, 2.24) is 0 Å². The lowest BCUT2D eigenvalue weighted by Crippen LogP contribution is -2.53. The molecule has 0 aromatic heterocycles. The van der Waals surface area contributed by atoms with Crippen LogP contribution in [0.4, 0.5) is 17.3 Å². The molecule has 0 fully saturated rings. The number of hydrogen-bond donors (Lipinski definition) is 0. The number of methoxy groups -OCH3 is 8. The monoisotopic (exact) mass is 1020 g/mol. The molecule has 2 heterocycles. The van der Waals surface area contributed by atoms with Gasteiger partial charge in [0, 0.05) is 36.8 Å². The molecule has 0 amide bonds. The van der Waals surface area contributed by atoms with Gasteiger partial charge < -0.3 is 73.6 Å². The van der Waals surface area contributed by atoms with Gasteiger partial charge in [-0.05, 0) is 90.0 Å². The average Bonchev–Trinajstić information content (AvgIpc) is 3.37. The van der Waals surface area contributed by atoms with E-state index in [1.54, 1.807) is 56.9 Å². The van der Waals surface area contributed by atoms with Gasteiger partial charge in [0.2, 0.25) is 0 Å². The summed E-state index contributed by atoms with van der Waals surface area (Å²) in [6.07, 6.45) is 5.85. The zero-order chi connectivity index (χ0) is 52.6. The molecule has 4 unspecified atom stereocenters. The van der Waals surface area contributed by atoms with Gasteiger partial charge in [-0.2, -0.15) is 0 Å². The summed E-state index contributed by atoms with van der Waals surface area (Å²) >= 11 is 0. The van der Waals surface area contributed by atoms with Crippen molar-refractivity contribution in [1.29, 1.82) is 0 Å². The van der Waals surface area contributed by atoms with Crippen molar-refractivity contribution < 1.29 is 83.2 Å². The summed E-state index contributed by atoms with van der Waals surface area (Å²) in [5, 5.41) is 0. The van der Waals surface area contributed by atoms with Gasteiger partial charge in [-0.1, -0.05) is 12.1 Å². The first kappa shape index (κ1) is 56.8. The third-order valence-electron chi connectivity index (χ3n) is 14.0. The largest absolute Gasteiger partial charge is 0.673 e. The van der Waals surface area contributed by atoms with Crippen molar-refractivity contribution in [3.63, 3.8) is 0 Å². The Morgan fingerprint density at radius 3 is 1.14 bits per heavy atom. The van der Waals surface area contributed by atoms with Crippen molar-refractivity contribution in [2.75, 3.05) is 110 Å². The van der Waals surface area contributed by atoms with Crippen LogP contribution in [0.5, 0.6) is 46.0 Å². The molecule has 0 aliphatic carbocycles.